The summed E-state index contributed by atoms with van der Waals surface area (Å²) in [5.74, 6) is -0.621. The molecule has 0 fully saturated rings. The lowest BCUT2D eigenvalue weighted by atomic mass is 9.62. The maximum absolute atomic E-state index is 10.9. The third-order valence-electron chi connectivity index (χ3n) is 7.63. The molecule has 0 bridgehead atoms. The summed E-state index contributed by atoms with van der Waals surface area (Å²) in [7, 11) is 0. The van der Waals surface area contributed by atoms with Gasteiger partial charge in [0.25, 0.3) is 0 Å². The maximum Gasteiger partial charge on any atom is 0.328 e. The van der Waals surface area contributed by atoms with Gasteiger partial charge in [-0.2, -0.15) is 0 Å². The summed E-state index contributed by atoms with van der Waals surface area (Å²) < 4.78 is 0. The largest absolute Gasteiger partial charge is 0.478 e. The smallest absolute Gasteiger partial charge is 0.328 e. The third kappa shape index (κ3) is 4.18. The van der Waals surface area contributed by atoms with Crippen LogP contribution in [0, 0.1) is 6.92 Å². The van der Waals surface area contributed by atoms with Gasteiger partial charge in [0.2, 0.25) is 0 Å². The molecule has 4 rings (SSSR count). The predicted octanol–water partition coefficient (Wildman–Crippen LogP) is 7.19. The Labute approximate surface area is 192 Å². The summed E-state index contributed by atoms with van der Waals surface area (Å²) >= 11 is 0. The van der Waals surface area contributed by atoms with Crippen LogP contribution in [0.15, 0.2) is 42.6 Å². The normalized spacial score (nSPS) is 21.8. The van der Waals surface area contributed by atoms with E-state index in [9.17, 15) is 4.79 Å². The van der Waals surface area contributed by atoms with Crippen molar-refractivity contribution < 1.29 is 9.90 Å². The highest BCUT2D eigenvalue weighted by Gasteiger charge is 2.37. The maximum atomic E-state index is 10.9. The lowest BCUT2D eigenvalue weighted by Crippen LogP contribution is -2.34. The van der Waals surface area contributed by atoms with Crippen molar-refractivity contribution in [3.05, 3.63) is 76.1 Å². The minimum Gasteiger partial charge on any atom is -0.478 e. The van der Waals surface area contributed by atoms with Crippen LogP contribution in [0.4, 0.5) is 0 Å². The Morgan fingerprint density at radius 3 is 2.34 bits per heavy atom. The van der Waals surface area contributed by atoms with Gasteiger partial charge in [0, 0.05) is 23.9 Å². The number of carboxylic acids is 1. The Kier molecular flexibility index (Phi) is 5.65. The van der Waals surface area contributed by atoms with E-state index < -0.39 is 5.97 Å². The molecule has 1 atom stereocenters. The average molecular weight is 430 g/mol. The van der Waals surface area contributed by atoms with Crippen molar-refractivity contribution in [2.75, 3.05) is 0 Å². The second-order valence-electron chi connectivity index (χ2n) is 11.0. The molecular formula is C29H35NO2. The predicted molar refractivity (Wildman–Crippen MR) is 132 cm³/mol. The molecule has 0 radical (unpaired) electrons. The molecule has 1 aromatic carbocycles. The molecule has 3 heteroatoms. The van der Waals surface area contributed by atoms with E-state index in [1.54, 1.807) is 13.1 Å². The number of carboxylic acid groups (broad SMARTS) is 1. The molecule has 1 heterocycles. The summed E-state index contributed by atoms with van der Waals surface area (Å²) in [6.07, 6.45) is 10.0. The molecule has 0 saturated heterocycles. The lowest BCUT2D eigenvalue weighted by molar-refractivity contribution is -0.131. The second-order valence-corrected chi connectivity index (χ2v) is 11.0. The number of nitrogens with zero attached hydrogens (tertiary/aromatic N) is 1. The summed E-state index contributed by atoms with van der Waals surface area (Å²) in [6, 6.07) is 8.96. The van der Waals surface area contributed by atoms with Crippen molar-refractivity contribution in [1.82, 2.24) is 4.98 Å². The number of carbonyl (C=O) groups is 1. The zero-order valence-corrected chi connectivity index (χ0v) is 20.2. The number of rotatable bonds is 4. The van der Waals surface area contributed by atoms with E-state index in [4.69, 9.17) is 5.11 Å². The van der Waals surface area contributed by atoms with Crippen molar-refractivity contribution >= 4 is 17.1 Å². The molecule has 2 aliphatic rings. The van der Waals surface area contributed by atoms with Gasteiger partial charge in [-0.1, -0.05) is 52.0 Å². The van der Waals surface area contributed by atoms with Crippen LogP contribution in [0.1, 0.15) is 99.7 Å². The Hall–Kier alpha value is -2.68. The van der Waals surface area contributed by atoms with E-state index in [1.165, 1.54) is 46.7 Å². The first kappa shape index (κ1) is 22.5. The fourth-order valence-corrected chi connectivity index (χ4v) is 5.37. The number of fused-ring (bicyclic) bond motifs is 1. The summed E-state index contributed by atoms with van der Waals surface area (Å²) in [5.41, 5.74) is 10.3. The van der Waals surface area contributed by atoms with Gasteiger partial charge in [-0.25, -0.2) is 4.79 Å². The molecule has 0 amide bonds. The minimum absolute atomic E-state index is 0.213. The fourth-order valence-electron chi connectivity index (χ4n) is 5.37. The SMILES string of the molecule is CC(=CC(=O)O)c1ccc(C2C=C(c3cc4c(cc3C)C(C)(C)CCC4(C)C)CC2)nc1. The van der Waals surface area contributed by atoms with Crippen molar-refractivity contribution in [3.8, 4) is 0 Å². The Balaban J connectivity index is 1.65. The molecule has 2 aromatic rings. The van der Waals surface area contributed by atoms with Crippen LogP contribution in [-0.4, -0.2) is 16.1 Å². The molecule has 0 saturated carbocycles. The van der Waals surface area contributed by atoms with Gasteiger partial charge >= 0.3 is 5.97 Å². The van der Waals surface area contributed by atoms with E-state index >= 15 is 0 Å². The molecule has 0 spiro atoms. The molecule has 2 aliphatic carbocycles. The number of allylic oxidation sites excluding steroid dienone is 3. The van der Waals surface area contributed by atoms with E-state index in [2.05, 4.69) is 57.8 Å². The Bertz CT molecular complexity index is 1120. The molecule has 1 unspecified atom stereocenters. The monoisotopic (exact) mass is 429 g/mol. The minimum atomic E-state index is -0.929. The van der Waals surface area contributed by atoms with Crippen LogP contribution in [0.3, 0.4) is 0 Å². The number of hydrogen-bond donors (Lipinski definition) is 1. The Morgan fingerprint density at radius 1 is 1.09 bits per heavy atom. The first-order valence-electron chi connectivity index (χ1n) is 11.7. The van der Waals surface area contributed by atoms with Crippen LogP contribution in [0.5, 0.6) is 0 Å². The molecule has 1 aromatic heterocycles. The van der Waals surface area contributed by atoms with Crippen LogP contribution < -0.4 is 0 Å². The number of benzene rings is 1. The fraction of sp³-hybridized carbons (Fsp3) is 0.448. The highest BCUT2D eigenvalue weighted by Crippen LogP contribution is 2.48. The number of aromatic nitrogens is 1. The van der Waals surface area contributed by atoms with Gasteiger partial charge in [0.15, 0.2) is 0 Å². The van der Waals surface area contributed by atoms with Crippen molar-refractivity contribution in [3.63, 3.8) is 0 Å². The van der Waals surface area contributed by atoms with Gasteiger partial charge in [-0.15, -0.1) is 0 Å². The van der Waals surface area contributed by atoms with Crippen LogP contribution in [0.2, 0.25) is 0 Å². The first-order valence-corrected chi connectivity index (χ1v) is 11.7. The Morgan fingerprint density at radius 2 is 1.75 bits per heavy atom. The second kappa shape index (κ2) is 8.03. The standard InChI is InChI=1S/C29H35NO2/c1-18(14-27(31)32)22-9-10-26(30-17-22)21-8-7-20(15-21)23-16-25-24(13-19(23)2)28(3,4)11-12-29(25,5)6/h9-10,13-17,21H,7-8,11-12H2,1-6H3,(H,31,32). The van der Waals surface area contributed by atoms with Crippen molar-refractivity contribution in [1.29, 1.82) is 0 Å². The lowest BCUT2D eigenvalue weighted by Gasteiger charge is -2.42. The molecule has 3 nitrogen and oxygen atoms in total. The number of hydrogen-bond acceptors (Lipinski definition) is 2. The number of pyridine rings is 1. The van der Waals surface area contributed by atoms with Gasteiger partial charge in [0.1, 0.15) is 0 Å². The topological polar surface area (TPSA) is 50.2 Å². The molecule has 0 aliphatic heterocycles. The summed E-state index contributed by atoms with van der Waals surface area (Å²) in [6.45, 7) is 13.6. The van der Waals surface area contributed by atoms with Crippen molar-refractivity contribution in [2.45, 2.75) is 84.0 Å². The average Bonchev–Trinajstić information content (AvgIpc) is 3.21. The van der Waals surface area contributed by atoms with Crippen LogP contribution in [-0.2, 0) is 15.6 Å². The van der Waals surface area contributed by atoms with Gasteiger partial charge in [0.05, 0.1) is 0 Å². The quantitative estimate of drug-likeness (QED) is 0.523. The molecule has 168 valence electrons. The van der Waals surface area contributed by atoms with E-state index in [0.29, 0.717) is 5.92 Å². The highest BCUT2D eigenvalue weighted by molar-refractivity contribution is 5.89. The summed E-state index contributed by atoms with van der Waals surface area (Å²) in [4.78, 5) is 15.6. The van der Waals surface area contributed by atoms with Crippen molar-refractivity contribution in [2.24, 2.45) is 0 Å². The molecular weight excluding hydrogens is 394 g/mol. The van der Waals surface area contributed by atoms with E-state index in [1.807, 2.05) is 12.1 Å². The number of aliphatic carboxylic acids is 1. The molecule has 32 heavy (non-hydrogen) atoms. The zero-order valence-electron chi connectivity index (χ0n) is 20.2. The van der Waals surface area contributed by atoms with Crippen LogP contribution in [0.25, 0.3) is 11.1 Å². The highest BCUT2D eigenvalue weighted by atomic mass is 16.4. The van der Waals surface area contributed by atoms with E-state index in [-0.39, 0.29) is 10.8 Å². The zero-order chi connectivity index (χ0) is 23.3. The summed E-state index contributed by atoms with van der Waals surface area (Å²) in [5, 5.41) is 8.96. The van der Waals surface area contributed by atoms with Gasteiger partial charge in [-0.05, 0) is 95.4 Å². The van der Waals surface area contributed by atoms with Gasteiger partial charge < -0.3 is 5.11 Å². The molecule has 1 N–H and O–H groups in total. The van der Waals surface area contributed by atoms with Crippen LogP contribution >= 0.6 is 0 Å². The van der Waals surface area contributed by atoms with E-state index in [0.717, 1.165) is 29.7 Å². The third-order valence-corrected chi connectivity index (χ3v) is 7.63. The first-order chi connectivity index (χ1) is 15.0. The van der Waals surface area contributed by atoms with Gasteiger partial charge in [-0.3, -0.25) is 4.98 Å². The number of aryl methyl sites for hydroxylation is 1.